The van der Waals surface area contributed by atoms with Crippen molar-refractivity contribution in [2.45, 2.75) is 37.1 Å². The summed E-state index contributed by atoms with van der Waals surface area (Å²) in [7, 11) is 0. The van der Waals surface area contributed by atoms with Crippen molar-refractivity contribution < 1.29 is 14.0 Å². The number of amides is 2. The molecule has 0 spiro atoms. The zero-order valence-electron chi connectivity index (χ0n) is 17.7. The third kappa shape index (κ3) is 3.90. The zero-order valence-corrected chi connectivity index (χ0v) is 18.5. The van der Waals surface area contributed by atoms with E-state index in [1.165, 1.54) is 23.4 Å². The maximum atomic E-state index is 13.6. The second kappa shape index (κ2) is 8.62. The first-order valence-corrected chi connectivity index (χ1v) is 11.9. The normalized spacial score (nSPS) is 18.5. The summed E-state index contributed by atoms with van der Waals surface area (Å²) < 4.78 is 13.6. The van der Waals surface area contributed by atoms with Crippen molar-refractivity contribution in [1.82, 2.24) is 10.2 Å². The number of hydrogen-bond donors (Lipinski definition) is 1. The number of fused-ring (bicyclic) bond motifs is 1. The van der Waals surface area contributed by atoms with Gasteiger partial charge in [-0.15, -0.1) is 0 Å². The van der Waals surface area contributed by atoms with Gasteiger partial charge in [0.2, 0.25) is 0 Å². The van der Waals surface area contributed by atoms with Crippen molar-refractivity contribution in [3.63, 3.8) is 0 Å². The molecule has 1 atom stereocenters. The Bertz CT molecular complexity index is 1150. The van der Waals surface area contributed by atoms with Crippen LogP contribution in [0.2, 0.25) is 0 Å². The summed E-state index contributed by atoms with van der Waals surface area (Å²) in [5, 5.41) is 5.03. The van der Waals surface area contributed by atoms with Crippen molar-refractivity contribution in [3.05, 3.63) is 87.2 Å². The molecule has 162 valence electrons. The van der Waals surface area contributed by atoms with E-state index in [-0.39, 0.29) is 36.5 Å². The summed E-state index contributed by atoms with van der Waals surface area (Å²) >= 11 is 1.75. The quantitative estimate of drug-likeness (QED) is 0.624. The first-order chi connectivity index (χ1) is 15.6. The molecule has 0 radical (unpaired) electrons. The van der Waals surface area contributed by atoms with Gasteiger partial charge in [0.05, 0.1) is 0 Å². The third-order valence-corrected chi connectivity index (χ3v) is 7.58. The number of nitrogens with one attached hydrogen (secondary N) is 1. The van der Waals surface area contributed by atoms with Gasteiger partial charge in [-0.25, -0.2) is 0 Å². The Labute approximate surface area is 191 Å². The molecule has 5 rings (SSSR count). The molecular formula is C25H24BFN2O2S. The second-order valence-electron chi connectivity index (χ2n) is 8.55. The molecule has 1 unspecified atom stereocenters. The molecule has 32 heavy (non-hydrogen) atoms. The number of rotatable bonds is 6. The number of thiophene rings is 1. The van der Waals surface area contributed by atoms with Gasteiger partial charge < -0.3 is 0 Å². The van der Waals surface area contributed by atoms with Gasteiger partial charge in [-0.1, -0.05) is 6.07 Å². The molecule has 7 heteroatoms. The first-order valence-electron chi connectivity index (χ1n) is 11.0. The molecule has 4 nitrogen and oxygen atoms in total. The molecule has 2 amide bonds. The van der Waals surface area contributed by atoms with Crippen molar-refractivity contribution in [2.24, 2.45) is 0 Å². The topological polar surface area (TPSA) is 49.4 Å². The molecule has 0 saturated heterocycles. The van der Waals surface area contributed by atoms with Crippen LogP contribution >= 0.6 is 11.3 Å². The van der Waals surface area contributed by atoms with E-state index in [1.54, 1.807) is 23.5 Å². The SMILES string of the molecule is O=C(CCNC(=O)C1(c2bc(F)ccc2)CC1)N1CCc2sccc2C1c1ccccc1. The van der Waals surface area contributed by atoms with Crippen molar-refractivity contribution in [3.8, 4) is 0 Å². The summed E-state index contributed by atoms with van der Waals surface area (Å²) in [6.07, 6.45) is 2.52. The molecule has 0 bridgehead atoms. The maximum absolute atomic E-state index is 13.6. The Hall–Kier alpha value is -2.80. The van der Waals surface area contributed by atoms with Crippen LogP contribution in [-0.2, 0) is 21.4 Å². The van der Waals surface area contributed by atoms with E-state index >= 15 is 0 Å². The summed E-state index contributed by atoms with van der Waals surface area (Å²) in [6, 6.07) is 17.0. The monoisotopic (exact) mass is 446 g/mol. The van der Waals surface area contributed by atoms with Crippen LogP contribution in [0, 0.1) is 5.71 Å². The number of carbonyl (C=O) groups is 2. The number of halogens is 1. The van der Waals surface area contributed by atoms with Gasteiger partial charge in [-0.05, 0) is 0 Å². The Morgan fingerprint density at radius 1 is 1.12 bits per heavy atom. The van der Waals surface area contributed by atoms with Gasteiger partial charge in [0, 0.05) is 0 Å². The molecular weight excluding hydrogens is 422 g/mol. The molecule has 1 saturated carbocycles. The molecule has 2 aliphatic rings. The van der Waals surface area contributed by atoms with Gasteiger partial charge in [-0.3, -0.25) is 0 Å². The van der Waals surface area contributed by atoms with Crippen molar-refractivity contribution in [2.75, 3.05) is 13.1 Å². The minimum atomic E-state index is -0.644. The Morgan fingerprint density at radius 2 is 1.94 bits per heavy atom. The van der Waals surface area contributed by atoms with E-state index in [2.05, 4.69) is 28.9 Å². The zero-order chi connectivity index (χ0) is 22.1. The number of carbonyl (C=O) groups excluding carboxylic acids is 2. The van der Waals surface area contributed by atoms with Crippen LogP contribution in [0.4, 0.5) is 4.39 Å². The molecule has 1 N–H and O–H groups in total. The summed E-state index contributed by atoms with van der Waals surface area (Å²) in [5.41, 5.74) is 2.04. The van der Waals surface area contributed by atoms with E-state index in [9.17, 15) is 14.0 Å². The number of benzene rings is 1. The molecule has 1 aliphatic carbocycles. The van der Waals surface area contributed by atoms with Gasteiger partial charge in [0.1, 0.15) is 0 Å². The van der Waals surface area contributed by atoms with Gasteiger partial charge in [0.25, 0.3) is 0 Å². The van der Waals surface area contributed by atoms with E-state index in [1.807, 2.05) is 23.1 Å². The molecule has 3 heterocycles. The number of hydrogen-bond acceptors (Lipinski definition) is 3. The Kier molecular flexibility index (Phi) is 5.68. The van der Waals surface area contributed by atoms with E-state index in [0.29, 0.717) is 24.8 Å². The molecule has 1 aliphatic heterocycles. The summed E-state index contributed by atoms with van der Waals surface area (Å²) in [6.45, 7) is 2.39. The fourth-order valence-corrected chi connectivity index (χ4v) is 5.64. The Morgan fingerprint density at radius 3 is 2.69 bits per heavy atom. The predicted molar refractivity (Wildman–Crippen MR) is 124 cm³/mol. The second-order valence-corrected chi connectivity index (χ2v) is 9.55. The third-order valence-electron chi connectivity index (χ3n) is 6.59. The standard InChI is InChI=1S/C25H24BFN2O2S/c27-21-8-4-7-20(26-21)25(12-13-25)24(31)28-14-9-22(30)29-15-10-19-18(11-16-32-19)23(29)17-5-2-1-3-6-17/h1-8,11,16,23H,9-10,12-15H2,(H,28,31). The van der Waals surface area contributed by atoms with Crippen LogP contribution in [-0.4, -0.2) is 36.7 Å². The van der Waals surface area contributed by atoms with Crippen molar-refractivity contribution in [1.29, 1.82) is 0 Å². The summed E-state index contributed by atoms with van der Waals surface area (Å²) in [5.74, 6) is -0.0825. The van der Waals surface area contributed by atoms with E-state index in [4.69, 9.17) is 0 Å². The van der Waals surface area contributed by atoms with Crippen LogP contribution in [0.3, 0.4) is 0 Å². The van der Waals surface area contributed by atoms with Crippen molar-refractivity contribution >= 4 is 30.1 Å². The Balaban J connectivity index is 1.25. The molecule has 2 aromatic heterocycles. The van der Waals surface area contributed by atoms with Gasteiger partial charge in [0.15, 0.2) is 0 Å². The minimum absolute atomic E-state index is 0.0339. The average Bonchev–Trinajstić information content (AvgIpc) is 3.49. The fourth-order valence-electron chi connectivity index (χ4n) is 4.73. The van der Waals surface area contributed by atoms with Gasteiger partial charge in [-0.2, -0.15) is 0 Å². The van der Waals surface area contributed by atoms with Gasteiger partial charge >= 0.3 is 186 Å². The number of nitrogens with zero attached hydrogens (tertiary/aromatic N) is 1. The first kappa shape index (κ1) is 21.1. The van der Waals surface area contributed by atoms with Crippen LogP contribution in [0.1, 0.15) is 46.8 Å². The molecule has 1 fully saturated rings. The van der Waals surface area contributed by atoms with E-state index < -0.39 is 5.41 Å². The fraction of sp³-hybridized carbons (Fsp3) is 0.320. The molecule has 3 aromatic rings. The van der Waals surface area contributed by atoms with Crippen LogP contribution < -0.4 is 5.32 Å². The predicted octanol–water partition coefficient (Wildman–Crippen LogP) is 3.94. The van der Waals surface area contributed by atoms with Crippen LogP contribution in [0.25, 0.3) is 0 Å². The van der Waals surface area contributed by atoms with Crippen LogP contribution in [0.15, 0.2) is 60.0 Å². The average molecular weight is 446 g/mol. The molecule has 1 aromatic carbocycles. The summed E-state index contributed by atoms with van der Waals surface area (Å²) in [4.78, 5) is 29.3. The van der Waals surface area contributed by atoms with E-state index in [0.717, 1.165) is 12.0 Å². The van der Waals surface area contributed by atoms with Crippen LogP contribution in [0.5, 0.6) is 0 Å².